The third kappa shape index (κ3) is 10.2. The third-order valence-electron chi connectivity index (χ3n) is 6.40. The summed E-state index contributed by atoms with van der Waals surface area (Å²) in [4.78, 5) is 0. The Morgan fingerprint density at radius 1 is 0.741 bits per heavy atom. The molecule has 0 bridgehead atoms. The largest absolute Gasteiger partial charge is 0.0859 e. The first kappa shape index (κ1) is 26.0. The van der Waals surface area contributed by atoms with Gasteiger partial charge in [-0.1, -0.05) is 95.1 Å². The smallest absolute Gasteiger partial charge is 0.00873 e. The summed E-state index contributed by atoms with van der Waals surface area (Å²) in [7, 11) is 0. The van der Waals surface area contributed by atoms with Crippen molar-refractivity contribution in [3.8, 4) is 0 Å². The van der Waals surface area contributed by atoms with Gasteiger partial charge >= 0.3 is 0 Å². The Hall–Kier alpha value is -1.04. The van der Waals surface area contributed by atoms with Crippen LogP contribution in [0.4, 0.5) is 0 Å². The van der Waals surface area contributed by atoms with Gasteiger partial charge in [-0.2, -0.15) is 0 Å². The molecule has 0 saturated heterocycles. The van der Waals surface area contributed by atoms with Crippen molar-refractivity contribution in [2.75, 3.05) is 0 Å². The molecule has 156 valence electrons. The second-order valence-electron chi connectivity index (χ2n) is 10.1. The van der Waals surface area contributed by atoms with Gasteiger partial charge in [-0.3, -0.25) is 0 Å². The standard InChI is InChI=1S/C27H48/c1-12-15-21(2)16-13-19-24(5)27(10,11)25(6)20-22(3)17-14-18-23(4)26(7,8)9/h15,18-20,25H,12-14,16-17H2,1-11H3/b21-15+,22-20+,23-18+,24-19+. The molecule has 27 heavy (non-hydrogen) atoms. The Bertz CT molecular complexity index is 555. The molecule has 0 heteroatoms. The maximum atomic E-state index is 2.50. The van der Waals surface area contributed by atoms with Crippen molar-refractivity contribution in [2.45, 2.75) is 108 Å². The predicted molar refractivity (Wildman–Crippen MR) is 126 cm³/mol. The van der Waals surface area contributed by atoms with Gasteiger partial charge in [0.05, 0.1) is 0 Å². The molecule has 0 aliphatic rings. The van der Waals surface area contributed by atoms with Crippen LogP contribution in [-0.4, -0.2) is 0 Å². The quantitative estimate of drug-likeness (QED) is 0.335. The molecule has 0 aliphatic carbocycles. The molecule has 0 rings (SSSR count). The number of allylic oxidation sites excluding steroid dienone is 8. The van der Waals surface area contributed by atoms with Crippen LogP contribution in [0.2, 0.25) is 0 Å². The fourth-order valence-corrected chi connectivity index (χ4v) is 3.13. The number of rotatable bonds is 10. The highest BCUT2D eigenvalue weighted by molar-refractivity contribution is 5.17. The molecule has 0 aliphatic heterocycles. The van der Waals surface area contributed by atoms with Crippen LogP contribution in [0.1, 0.15) is 108 Å². The zero-order valence-electron chi connectivity index (χ0n) is 20.4. The molecule has 0 heterocycles. The van der Waals surface area contributed by atoms with Crippen molar-refractivity contribution < 1.29 is 0 Å². The van der Waals surface area contributed by atoms with Gasteiger partial charge in [0.15, 0.2) is 0 Å². The van der Waals surface area contributed by atoms with E-state index in [0.29, 0.717) is 11.3 Å². The van der Waals surface area contributed by atoms with Crippen LogP contribution in [0.3, 0.4) is 0 Å². The van der Waals surface area contributed by atoms with Crippen molar-refractivity contribution in [1.82, 2.24) is 0 Å². The molecular weight excluding hydrogens is 324 g/mol. The summed E-state index contributed by atoms with van der Waals surface area (Å²) in [6, 6.07) is 0. The first-order valence-corrected chi connectivity index (χ1v) is 11.0. The van der Waals surface area contributed by atoms with Crippen LogP contribution in [0.5, 0.6) is 0 Å². The van der Waals surface area contributed by atoms with Crippen LogP contribution in [0, 0.1) is 16.7 Å². The molecule has 0 amide bonds. The predicted octanol–water partition coefficient (Wildman–Crippen LogP) is 9.45. The van der Waals surface area contributed by atoms with Gasteiger partial charge in [-0.05, 0) is 76.5 Å². The lowest BCUT2D eigenvalue weighted by Crippen LogP contribution is -2.22. The summed E-state index contributed by atoms with van der Waals surface area (Å²) < 4.78 is 0. The monoisotopic (exact) mass is 372 g/mol. The van der Waals surface area contributed by atoms with E-state index in [4.69, 9.17) is 0 Å². The van der Waals surface area contributed by atoms with E-state index >= 15 is 0 Å². The van der Waals surface area contributed by atoms with E-state index in [1.54, 1.807) is 0 Å². The number of hydrogen-bond acceptors (Lipinski definition) is 0. The molecule has 0 nitrogen and oxygen atoms in total. The summed E-state index contributed by atoms with van der Waals surface area (Å²) >= 11 is 0. The first-order valence-electron chi connectivity index (χ1n) is 11.0. The molecule has 1 unspecified atom stereocenters. The highest BCUT2D eigenvalue weighted by Crippen LogP contribution is 2.37. The molecule has 0 fully saturated rings. The van der Waals surface area contributed by atoms with E-state index < -0.39 is 0 Å². The highest BCUT2D eigenvalue weighted by atomic mass is 14.3. The van der Waals surface area contributed by atoms with Crippen LogP contribution in [0.25, 0.3) is 0 Å². The van der Waals surface area contributed by atoms with E-state index in [1.807, 2.05) is 0 Å². The lowest BCUT2D eigenvalue weighted by molar-refractivity contribution is 0.339. The second-order valence-corrected chi connectivity index (χ2v) is 10.1. The topological polar surface area (TPSA) is 0 Å². The molecular formula is C27H48. The summed E-state index contributed by atoms with van der Waals surface area (Å²) in [5, 5.41) is 0. The molecule has 0 aromatic heterocycles. The fourth-order valence-electron chi connectivity index (χ4n) is 3.13. The molecule has 0 N–H and O–H groups in total. The highest BCUT2D eigenvalue weighted by Gasteiger charge is 2.26. The molecule has 0 aromatic carbocycles. The molecule has 1 atom stereocenters. The van der Waals surface area contributed by atoms with Crippen LogP contribution < -0.4 is 0 Å². The average molecular weight is 373 g/mol. The van der Waals surface area contributed by atoms with Crippen molar-refractivity contribution >= 4 is 0 Å². The van der Waals surface area contributed by atoms with E-state index in [0.717, 1.165) is 25.7 Å². The minimum Gasteiger partial charge on any atom is -0.0859 e. The minimum atomic E-state index is 0.209. The maximum absolute atomic E-state index is 2.50. The van der Waals surface area contributed by atoms with Gasteiger partial charge in [0.25, 0.3) is 0 Å². The maximum Gasteiger partial charge on any atom is -0.00873 e. The summed E-state index contributed by atoms with van der Waals surface area (Å²) in [5.74, 6) is 0.550. The Kier molecular flexibility index (Phi) is 11.3. The lowest BCUT2D eigenvalue weighted by atomic mass is 9.73. The van der Waals surface area contributed by atoms with Crippen molar-refractivity contribution in [2.24, 2.45) is 16.7 Å². The Morgan fingerprint density at radius 2 is 1.22 bits per heavy atom. The SMILES string of the molecule is CC/C=C(\C)CC/C=C(\C)C(C)(C)C(C)/C=C(\C)CC/C=C(\C)C(C)(C)C. The average Bonchev–Trinajstić information content (AvgIpc) is 2.53. The summed E-state index contributed by atoms with van der Waals surface area (Å²) in [6.45, 7) is 25.4. The Labute approximate surface area is 171 Å². The lowest BCUT2D eigenvalue weighted by Gasteiger charge is -2.32. The molecule has 0 aromatic rings. The normalized spacial score (nSPS) is 16.7. The Balaban J connectivity index is 4.85. The van der Waals surface area contributed by atoms with Gasteiger partial charge in [-0.15, -0.1) is 0 Å². The fraction of sp³-hybridized carbons (Fsp3) is 0.704. The van der Waals surface area contributed by atoms with Gasteiger partial charge in [0, 0.05) is 0 Å². The van der Waals surface area contributed by atoms with Crippen LogP contribution in [-0.2, 0) is 0 Å². The van der Waals surface area contributed by atoms with Crippen molar-refractivity contribution in [1.29, 1.82) is 0 Å². The van der Waals surface area contributed by atoms with Gasteiger partial charge < -0.3 is 0 Å². The van der Waals surface area contributed by atoms with E-state index in [1.165, 1.54) is 28.7 Å². The molecule has 0 spiro atoms. The van der Waals surface area contributed by atoms with Gasteiger partial charge in [0.2, 0.25) is 0 Å². The van der Waals surface area contributed by atoms with E-state index in [9.17, 15) is 0 Å². The van der Waals surface area contributed by atoms with E-state index in [-0.39, 0.29) is 5.41 Å². The molecule has 0 saturated carbocycles. The van der Waals surface area contributed by atoms with Gasteiger partial charge in [0.1, 0.15) is 0 Å². The van der Waals surface area contributed by atoms with Gasteiger partial charge in [-0.25, -0.2) is 0 Å². The first-order chi connectivity index (χ1) is 12.3. The van der Waals surface area contributed by atoms with Crippen LogP contribution >= 0.6 is 0 Å². The third-order valence-corrected chi connectivity index (χ3v) is 6.40. The summed E-state index contributed by atoms with van der Waals surface area (Å²) in [6.07, 6.45) is 15.5. The summed E-state index contributed by atoms with van der Waals surface area (Å²) in [5.41, 5.74) is 6.55. The zero-order valence-corrected chi connectivity index (χ0v) is 20.4. The second kappa shape index (κ2) is 11.7. The Morgan fingerprint density at radius 3 is 1.70 bits per heavy atom. The van der Waals surface area contributed by atoms with Crippen molar-refractivity contribution in [3.63, 3.8) is 0 Å². The zero-order chi connectivity index (χ0) is 21.3. The van der Waals surface area contributed by atoms with Crippen LogP contribution in [0.15, 0.2) is 46.6 Å². The minimum absolute atomic E-state index is 0.209. The van der Waals surface area contributed by atoms with Crippen molar-refractivity contribution in [3.05, 3.63) is 46.6 Å². The molecule has 0 radical (unpaired) electrons. The number of hydrogen-bond donors (Lipinski definition) is 0. The van der Waals surface area contributed by atoms with E-state index in [2.05, 4.69) is 100 Å².